The maximum absolute atomic E-state index is 13.3. The second kappa shape index (κ2) is 9.30. The molecule has 0 heterocycles. The lowest BCUT2D eigenvalue weighted by Gasteiger charge is -2.14. The molecule has 0 aliphatic rings. The van der Waals surface area contributed by atoms with Gasteiger partial charge in [0.15, 0.2) is 11.5 Å². The number of para-hydroxylation sites is 2. The van der Waals surface area contributed by atoms with Crippen LogP contribution in [0.5, 0.6) is 17.2 Å². The van der Waals surface area contributed by atoms with Crippen molar-refractivity contribution in [2.24, 2.45) is 0 Å². The second-order valence-corrected chi connectivity index (χ2v) is 6.46. The van der Waals surface area contributed by atoms with Gasteiger partial charge in [0.25, 0.3) is 5.91 Å². The van der Waals surface area contributed by atoms with Crippen LogP contribution in [-0.2, 0) is 6.61 Å². The van der Waals surface area contributed by atoms with Crippen molar-refractivity contribution >= 4 is 23.2 Å². The van der Waals surface area contributed by atoms with Gasteiger partial charge in [-0.1, -0.05) is 23.7 Å². The highest BCUT2D eigenvalue weighted by molar-refractivity contribution is 6.31. The number of hydrogen-bond donors (Lipinski definition) is 1. The highest BCUT2D eigenvalue weighted by Gasteiger charge is 2.13. The van der Waals surface area contributed by atoms with Gasteiger partial charge in [0.2, 0.25) is 0 Å². The molecule has 3 aromatic carbocycles. The first-order chi connectivity index (χ1) is 14.0. The minimum atomic E-state index is -0.551. The predicted molar refractivity (Wildman–Crippen MR) is 110 cm³/mol. The van der Waals surface area contributed by atoms with E-state index in [2.05, 4.69) is 5.32 Å². The fourth-order valence-electron chi connectivity index (χ4n) is 2.70. The average Bonchev–Trinajstić information content (AvgIpc) is 2.74. The van der Waals surface area contributed by atoms with Crippen LogP contribution < -0.4 is 19.5 Å². The molecular formula is C22H19ClFNO4. The van der Waals surface area contributed by atoms with Gasteiger partial charge in [0.05, 0.1) is 19.2 Å². The van der Waals surface area contributed by atoms with Crippen LogP contribution >= 0.6 is 11.6 Å². The fraction of sp³-hybridized carbons (Fsp3) is 0.136. The van der Waals surface area contributed by atoms with E-state index in [1.807, 2.05) is 12.1 Å². The number of benzene rings is 3. The average molecular weight is 416 g/mol. The molecule has 0 aliphatic heterocycles. The van der Waals surface area contributed by atoms with Crippen LogP contribution in [0.15, 0.2) is 60.7 Å². The molecular weight excluding hydrogens is 397 g/mol. The normalized spacial score (nSPS) is 10.3. The SMILES string of the molecule is COc1ccc(C(=O)Nc2ccc(F)c(Cl)c2)cc1COc1ccccc1OC. The molecule has 150 valence electrons. The first-order valence-electron chi connectivity index (χ1n) is 8.71. The predicted octanol–water partition coefficient (Wildman–Crippen LogP) is 5.33. The molecule has 0 aromatic heterocycles. The number of anilines is 1. The summed E-state index contributed by atoms with van der Waals surface area (Å²) in [6.07, 6.45) is 0. The van der Waals surface area contributed by atoms with E-state index < -0.39 is 5.82 Å². The maximum atomic E-state index is 13.3. The molecule has 0 aliphatic carbocycles. The minimum absolute atomic E-state index is 0.0663. The number of nitrogens with one attached hydrogen (secondary N) is 1. The molecule has 0 fully saturated rings. The van der Waals surface area contributed by atoms with Gasteiger partial charge in [-0.25, -0.2) is 4.39 Å². The summed E-state index contributed by atoms with van der Waals surface area (Å²) in [5.74, 6) is 0.849. The molecule has 3 rings (SSSR count). The third-order valence-corrected chi connectivity index (χ3v) is 4.46. The molecule has 1 N–H and O–H groups in total. The van der Waals surface area contributed by atoms with Crippen molar-refractivity contribution in [1.29, 1.82) is 0 Å². The van der Waals surface area contributed by atoms with E-state index in [-0.39, 0.29) is 17.5 Å². The van der Waals surface area contributed by atoms with Gasteiger partial charge < -0.3 is 19.5 Å². The molecule has 0 radical (unpaired) electrons. The van der Waals surface area contributed by atoms with E-state index in [0.717, 1.165) is 0 Å². The molecule has 0 unspecified atom stereocenters. The van der Waals surface area contributed by atoms with E-state index in [1.54, 1.807) is 44.6 Å². The number of methoxy groups -OCH3 is 2. The lowest BCUT2D eigenvalue weighted by Crippen LogP contribution is -2.13. The molecule has 0 bridgehead atoms. The Hall–Kier alpha value is -3.25. The number of carbonyl (C=O) groups is 1. The Kier molecular flexibility index (Phi) is 6.57. The minimum Gasteiger partial charge on any atom is -0.496 e. The van der Waals surface area contributed by atoms with Gasteiger partial charge in [-0.05, 0) is 48.5 Å². The fourth-order valence-corrected chi connectivity index (χ4v) is 2.88. The van der Waals surface area contributed by atoms with Crippen LogP contribution in [0.2, 0.25) is 5.02 Å². The summed E-state index contributed by atoms with van der Waals surface area (Å²) in [5, 5.41) is 2.63. The van der Waals surface area contributed by atoms with Crippen molar-refractivity contribution in [3.63, 3.8) is 0 Å². The Labute approximate surface area is 173 Å². The lowest BCUT2D eigenvalue weighted by molar-refractivity contribution is 0.102. The van der Waals surface area contributed by atoms with Crippen LogP contribution in [0.1, 0.15) is 15.9 Å². The molecule has 3 aromatic rings. The summed E-state index contributed by atoms with van der Waals surface area (Å²) in [5.41, 5.74) is 1.47. The molecule has 1 amide bonds. The van der Waals surface area contributed by atoms with Crippen LogP contribution in [0, 0.1) is 5.82 Å². The van der Waals surface area contributed by atoms with Crippen LogP contribution in [0.4, 0.5) is 10.1 Å². The van der Waals surface area contributed by atoms with Crippen LogP contribution in [0.3, 0.4) is 0 Å². The maximum Gasteiger partial charge on any atom is 0.255 e. The summed E-state index contributed by atoms with van der Waals surface area (Å²) >= 11 is 5.76. The van der Waals surface area contributed by atoms with E-state index in [0.29, 0.717) is 34.1 Å². The first kappa shape index (κ1) is 20.5. The van der Waals surface area contributed by atoms with E-state index >= 15 is 0 Å². The Morgan fingerprint density at radius 3 is 2.38 bits per heavy atom. The summed E-state index contributed by atoms with van der Waals surface area (Å²) in [7, 11) is 3.11. The standard InChI is InChI=1S/C22H19ClFNO4/c1-27-19-10-7-14(22(26)25-16-8-9-18(24)17(23)12-16)11-15(19)13-29-21-6-4-3-5-20(21)28-2/h3-12H,13H2,1-2H3,(H,25,26). The van der Waals surface area contributed by atoms with Crippen molar-refractivity contribution in [3.8, 4) is 17.2 Å². The molecule has 0 spiro atoms. The third kappa shape index (κ3) is 4.97. The van der Waals surface area contributed by atoms with Crippen molar-refractivity contribution in [2.75, 3.05) is 19.5 Å². The Bertz CT molecular complexity index is 1030. The first-order valence-corrected chi connectivity index (χ1v) is 9.08. The van der Waals surface area contributed by atoms with Gasteiger partial charge in [-0.2, -0.15) is 0 Å². The Balaban J connectivity index is 1.78. The molecule has 0 saturated heterocycles. The summed E-state index contributed by atoms with van der Waals surface area (Å²) in [6.45, 7) is 0.174. The number of halogens is 2. The zero-order valence-electron chi connectivity index (χ0n) is 15.9. The van der Waals surface area contributed by atoms with E-state index in [9.17, 15) is 9.18 Å². The summed E-state index contributed by atoms with van der Waals surface area (Å²) in [6, 6.07) is 16.3. The number of hydrogen-bond acceptors (Lipinski definition) is 4. The number of amides is 1. The van der Waals surface area contributed by atoms with Crippen molar-refractivity contribution in [1.82, 2.24) is 0 Å². The largest absolute Gasteiger partial charge is 0.496 e. The van der Waals surface area contributed by atoms with Gasteiger partial charge in [0.1, 0.15) is 18.2 Å². The number of carbonyl (C=O) groups excluding carboxylic acids is 1. The topological polar surface area (TPSA) is 56.8 Å². The quantitative estimate of drug-likeness (QED) is 0.566. The van der Waals surface area contributed by atoms with E-state index in [4.69, 9.17) is 25.8 Å². The zero-order valence-corrected chi connectivity index (χ0v) is 16.6. The van der Waals surface area contributed by atoms with Gasteiger partial charge >= 0.3 is 0 Å². The molecule has 5 nitrogen and oxygen atoms in total. The highest BCUT2D eigenvalue weighted by Crippen LogP contribution is 2.29. The van der Waals surface area contributed by atoms with Crippen LogP contribution in [-0.4, -0.2) is 20.1 Å². The number of ether oxygens (including phenoxy) is 3. The summed E-state index contributed by atoms with van der Waals surface area (Å²) in [4.78, 5) is 12.6. The van der Waals surface area contributed by atoms with Crippen molar-refractivity contribution in [3.05, 3.63) is 82.6 Å². The van der Waals surface area contributed by atoms with Gasteiger partial charge in [0, 0.05) is 16.8 Å². The lowest BCUT2D eigenvalue weighted by atomic mass is 10.1. The van der Waals surface area contributed by atoms with Gasteiger partial charge in [-0.3, -0.25) is 4.79 Å². The van der Waals surface area contributed by atoms with Crippen molar-refractivity contribution < 1.29 is 23.4 Å². The van der Waals surface area contributed by atoms with E-state index in [1.165, 1.54) is 18.2 Å². The third-order valence-electron chi connectivity index (χ3n) is 4.17. The molecule has 0 saturated carbocycles. The molecule has 29 heavy (non-hydrogen) atoms. The monoisotopic (exact) mass is 415 g/mol. The summed E-state index contributed by atoms with van der Waals surface area (Å²) < 4.78 is 29.8. The number of rotatable bonds is 7. The smallest absolute Gasteiger partial charge is 0.255 e. The zero-order chi connectivity index (χ0) is 20.8. The second-order valence-electron chi connectivity index (χ2n) is 6.05. The van der Waals surface area contributed by atoms with Crippen molar-refractivity contribution in [2.45, 2.75) is 6.61 Å². The molecule has 7 heteroatoms. The van der Waals surface area contributed by atoms with Gasteiger partial charge in [-0.15, -0.1) is 0 Å². The molecule has 0 atom stereocenters. The highest BCUT2D eigenvalue weighted by atomic mass is 35.5. The Morgan fingerprint density at radius 1 is 0.966 bits per heavy atom. The Morgan fingerprint density at radius 2 is 1.69 bits per heavy atom. The van der Waals surface area contributed by atoms with Crippen LogP contribution in [0.25, 0.3) is 0 Å².